The molecular formula is C20H26N6S. The molecule has 0 fully saturated rings. The Bertz CT molecular complexity index is 854. The molecule has 142 valence electrons. The molecule has 1 unspecified atom stereocenters. The van der Waals surface area contributed by atoms with Gasteiger partial charge in [0.2, 0.25) is 0 Å². The lowest BCUT2D eigenvalue weighted by Gasteiger charge is -2.16. The third kappa shape index (κ3) is 5.40. The fourth-order valence-corrected chi connectivity index (χ4v) is 3.29. The van der Waals surface area contributed by atoms with Gasteiger partial charge in [0.1, 0.15) is 12.4 Å². The number of benzene rings is 1. The average molecular weight is 383 g/mol. The monoisotopic (exact) mass is 382 g/mol. The van der Waals surface area contributed by atoms with Crippen molar-refractivity contribution < 1.29 is 0 Å². The minimum absolute atomic E-state index is 0.386. The molecule has 2 heterocycles. The number of nitrogens with one attached hydrogen (secondary N) is 2. The highest BCUT2D eigenvalue weighted by Gasteiger charge is 2.08. The molecule has 0 saturated carbocycles. The first-order valence-electron chi connectivity index (χ1n) is 9.08. The Kier molecular flexibility index (Phi) is 6.59. The molecule has 1 aromatic carbocycles. The van der Waals surface area contributed by atoms with Crippen LogP contribution >= 0.6 is 11.3 Å². The number of thiophene rings is 1. The van der Waals surface area contributed by atoms with Gasteiger partial charge in [-0.3, -0.25) is 0 Å². The van der Waals surface area contributed by atoms with Crippen molar-refractivity contribution in [3.05, 3.63) is 69.9 Å². The van der Waals surface area contributed by atoms with E-state index in [0.29, 0.717) is 12.5 Å². The highest BCUT2D eigenvalue weighted by Crippen LogP contribution is 2.13. The average Bonchev–Trinajstić information content (AvgIpc) is 3.33. The summed E-state index contributed by atoms with van der Waals surface area (Å²) in [6, 6.07) is 14.7. The standard InChI is InChI=1S/C20H26N6S/c1-15(17-8-5-4-6-9-17)12-21-20(22-13-18-10-7-11-27-18)23-14-19-25-24-16(2)26(19)3/h4-11,15H,12-14H2,1-3H3,(H2,21,22,23). The van der Waals surface area contributed by atoms with Gasteiger partial charge in [-0.05, 0) is 29.9 Å². The molecule has 0 aliphatic carbocycles. The van der Waals surface area contributed by atoms with E-state index in [1.807, 2.05) is 24.6 Å². The van der Waals surface area contributed by atoms with Crippen molar-refractivity contribution in [1.29, 1.82) is 0 Å². The number of aromatic nitrogens is 3. The molecular weight excluding hydrogens is 356 g/mol. The minimum Gasteiger partial charge on any atom is -0.356 e. The zero-order valence-electron chi connectivity index (χ0n) is 16.0. The van der Waals surface area contributed by atoms with Gasteiger partial charge in [0.25, 0.3) is 0 Å². The van der Waals surface area contributed by atoms with Crippen LogP contribution in [-0.4, -0.2) is 27.3 Å². The molecule has 0 radical (unpaired) electrons. The molecule has 2 aromatic heterocycles. The van der Waals surface area contributed by atoms with Crippen LogP contribution in [0.2, 0.25) is 0 Å². The Morgan fingerprint density at radius 3 is 2.63 bits per heavy atom. The van der Waals surface area contributed by atoms with Crippen LogP contribution in [-0.2, 0) is 20.1 Å². The van der Waals surface area contributed by atoms with Gasteiger partial charge in [0, 0.05) is 18.5 Å². The van der Waals surface area contributed by atoms with Gasteiger partial charge in [0.15, 0.2) is 11.8 Å². The molecule has 1 atom stereocenters. The third-order valence-corrected chi connectivity index (χ3v) is 5.39. The lowest BCUT2D eigenvalue weighted by Crippen LogP contribution is -2.38. The van der Waals surface area contributed by atoms with Gasteiger partial charge < -0.3 is 15.2 Å². The molecule has 27 heavy (non-hydrogen) atoms. The van der Waals surface area contributed by atoms with Crippen LogP contribution in [0.25, 0.3) is 0 Å². The molecule has 3 aromatic rings. The molecule has 0 saturated heterocycles. The summed E-state index contributed by atoms with van der Waals surface area (Å²) in [6.07, 6.45) is 0. The maximum Gasteiger partial charge on any atom is 0.192 e. The van der Waals surface area contributed by atoms with Crippen LogP contribution in [0.4, 0.5) is 0 Å². The molecule has 7 heteroatoms. The summed E-state index contributed by atoms with van der Waals surface area (Å²) in [5.41, 5.74) is 1.31. The number of nitrogens with zero attached hydrogens (tertiary/aromatic N) is 4. The molecule has 0 spiro atoms. The van der Waals surface area contributed by atoms with Crippen molar-refractivity contribution in [2.75, 3.05) is 6.54 Å². The highest BCUT2D eigenvalue weighted by molar-refractivity contribution is 7.09. The Morgan fingerprint density at radius 1 is 1.15 bits per heavy atom. The summed E-state index contributed by atoms with van der Waals surface area (Å²) in [5.74, 6) is 2.91. The van der Waals surface area contributed by atoms with E-state index in [1.54, 1.807) is 11.3 Å². The SMILES string of the molecule is Cc1nnc(CN=C(NCc2cccs2)NCC(C)c2ccccc2)n1C. The largest absolute Gasteiger partial charge is 0.356 e. The van der Waals surface area contributed by atoms with Crippen LogP contribution in [0.3, 0.4) is 0 Å². The number of rotatable bonds is 7. The van der Waals surface area contributed by atoms with Gasteiger partial charge >= 0.3 is 0 Å². The topological polar surface area (TPSA) is 67.1 Å². The van der Waals surface area contributed by atoms with Gasteiger partial charge in [0.05, 0.1) is 6.54 Å². The summed E-state index contributed by atoms with van der Waals surface area (Å²) in [4.78, 5) is 5.98. The van der Waals surface area contributed by atoms with Crippen LogP contribution < -0.4 is 10.6 Å². The van der Waals surface area contributed by atoms with Crippen molar-refractivity contribution in [1.82, 2.24) is 25.4 Å². The fraction of sp³-hybridized carbons (Fsp3) is 0.350. The van der Waals surface area contributed by atoms with Crippen molar-refractivity contribution >= 4 is 17.3 Å². The van der Waals surface area contributed by atoms with E-state index in [4.69, 9.17) is 4.99 Å². The number of hydrogen-bond acceptors (Lipinski definition) is 4. The summed E-state index contributed by atoms with van der Waals surface area (Å²) >= 11 is 1.73. The van der Waals surface area contributed by atoms with Crippen LogP contribution in [0.15, 0.2) is 52.8 Å². The van der Waals surface area contributed by atoms with Crippen molar-refractivity contribution in [3.8, 4) is 0 Å². The van der Waals surface area contributed by atoms with Crippen LogP contribution in [0.5, 0.6) is 0 Å². The Labute approximate surface area is 164 Å². The number of aliphatic imine (C=N–C) groups is 1. The minimum atomic E-state index is 0.386. The van der Waals surface area contributed by atoms with Gasteiger partial charge in [-0.15, -0.1) is 21.5 Å². The van der Waals surface area contributed by atoms with E-state index in [2.05, 4.69) is 69.5 Å². The number of hydrogen-bond donors (Lipinski definition) is 2. The second-order valence-corrected chi connectivity index (χ2v) is 7.55. The molecule has 3 rings (SSSR count). The predicted molar refractivity (Wildman–Crippen MR) is 111 cm³/mol. The molecule has 0 aliphatic rings. The summed E-state index contributed by atoms with van der Waals surface area (Å²) in [7, 11) is 1.96. The molecule has 0 aliphatic heterocycles. The van der Waals surface area contributed by atoms with Crippen LogP contribution in [0.1, 0.15) is 34.9 Å². The first-order valence-corrected chi connectivity index (χ1v) is 9.96. The van der Waals surface area contributed by atoms with Crippen molar-refractivity contribution in [2.45, 2.75) is 32.9 Å². The second kappa shape index (κ2) is 9.32. The smallest absolute Gasteiger partial charge is 0.192 e. The summed E-state index contributed by atoms with van der Waals surface area (Å²) < 4.78 is 1.97. The number of aryl methyl sites for hydroxylation is 1. The molecule has 0 amide bonds. The van der Waals surface area contributed by atoms with Gasteiger partial charge in [-0.2, -0.15) is 0 Å². The lowest BCUT2D eigenvalue weighted by atomic mass is 10.0. The van der Waals surface area contributed by atoms with Crippen molar-refractivity contribution in [2.24, 2.45) is 12.0 Å². The first-order chi connectivity index (χ1) is 13.1. The molecule has 2 N–H and O–H groups in total. The maximum absolute atomic E-state index is 4.71. The second-order valence-electron chi connectivity index (χ2n) is 6.51. The van der Waals surface area contributed by atoms with Crippen LogP contribution in [0, 0.1) is 6.92 Å². The van der Waals surface area contributed by atoms with Gasteiger partial charge in [-0.1, -0.05) is 43.3 Å². The van der Waals surface area contributed by atoms with Crippen molar-refractivity contribution in [3.63, 3.8) is 0 Å². The quantitative estimate of drug-likeness (QED) is 0.486. The number of guanidine groups is 1. The lowest BCUT2D eigenvalue weighted by molar-refractivity contribution is 0.692. The first kappa shape index (κ1) is 19.1. The van der Waals surface area contributed by atoms with E-state index >= 15 is 0 Å². The Balaban J connectivity index is 1.64. The third-order valence-electron chi connectivity index (χ3n) is 4.52. The van der Waals surface area contributed by atoms with E-state index in [9.17, 15) is 0 Å². The normalized spacial score (nSPS) is 12.8. The fourth-order valence-electron chi connectivity index (χ4n) is 2.65. The van der Waals surface area contributed by atoms with Gasteiger partial charge in [-0.25, -0.2) is 4.99 Å². The molecule has 0 bridgehead atoms. The van der Waals surface area contributed by atoms with E-state index in [-0.39, 0.29) is 0 Å². The Hall–Kier alpha value is -2.67. The zero-order chi connectivity index (χ0) is 19.1. The predicted octanol–water partition coefficient (Wildman–Crippen LogP) is 3.22. The van der Waals surface area contributed by atoms with E-state index < -0.39 is 0 Å². The zero-order valence-corrected chi connectivity index (χ0v) is 16.8. The maximum atomic E-state index is 4.71. The summed E-state index contributed by atoms with van der Waals surface area (Å²) in [5, 5.41) is 17.3. The summed E-state index contributed by atoms with van der Waals surface area (Å²) in [6.45, 7) is 6.19. The van der Waals surface area contributed by atoms with E-state index in [1.165, 1.54) is 10.4 Å². The Morgan fingerprint density at radius 2 is 1.96 bits per heavy atom. The molecule has 6 nitrogen and oxygen atoms in total. The van der Waals surface area contributed by atoms with E-state index in [0.717, 1.165) is 30.7 Å². The highest BCUT2D eigenvalue weighted by atomic mass is 32.1.